The highest BCUT2D eigenvalue weighted by Crippen LogP contribution is 1.97. The highest BCUT2D eigenvalue weighted by atomic mass is 35.5. The maximum absolute atomic E-state index is 10.9. The predicted molar refractivity (Wildman–Crippen MR) is 43.2 cm³/mol. The third-order valence-corrected chi connectivity index (χ3v) is 1.49. The molecule has 6 heteroatoms. The average Bonchev–Trinajstić information content (AvgIpc) is 2.03. The molecule has 0 atom stereocenters. The first-order valence-electron chi connectivity index (χ1n) is 3.01. The molecule has 0 fully saturated rings. The molecule has 0 radical (unpaired) electrons. The number of methoxy groups -OCH3 is 1. The summed E-state index contributed by atoms with van der Waals surface area (Å²) in [6.07, 6.45) is 0. The number of carbonyl (C=O) groups excluding carboxylic acids is 1. The van der Waals surface area contributed by atoms with Gasteiger partial charge in [0.1, 0.15) is 0 Å². The summed E-state index contributed by atoms with van der Waals surface area (Å²) < 4.78 is 4.48. The summed E-state index contributed by atoms with van der Waals surface area (Å²) in [5, 5.41) is 0. The Labute approximate surface area is 75.4 Å². The minimum absolute atomic E-state index is 0.327. The Morgan fingerprint density at radius 3 is 2.18 bits per heavy atom. The van der Waals surface area contributed by atoms with Crippen LogP contribution in [0.25, 0.3) is 0 Å². The monoisotopic (exact) mass is 200 g/mol. The number of ether oxygens (including phenoxy) is 1. The summed E-state index contributed by atoms with van der Waals surface area (Å²) in [7, 11) is 1.32. The number of hydrogen-bond donors (Lipinski definition) is 2. The van der Waals surface area contributed by atoms with Crippen LogP contribution in [0, 0.1) is 5.92 Å². The Hall–Kier alpha value is -0.0300. The Morgan fingerprint density at radius 1 is 1.45 bits per heavy atom. The molecule has 0 amide bonds. The Kier molecular flexibility index (Phi) is 6.65. The molecule has 0 unspecified atom stereocenters. The fourth-order valence-corrected chi connectivity index (χ4v) is 0.964. The van der Waals surface area contributed by atoms with Crippen LogP contribution in [0.1, 0.15) is 0 Å². The lowest BCUT2D eigenvalue weighted by Crippen LogP contribution is -2.31. The zero-order chi connectivity index (χ0) is 8.69. The number of halogens is 2. The average molecular weight is 201 g/mol. The normalized spacial score (nSPS) is 10.2. The van der Waals surface area contributed by atoms with E-state index in [0.29, 0.717) is 13.1 Å². The molecular weight excluding hydrogens is 191 g/mol. The van der Waals surface area contributed by atoms with Gasteiger partial charge in [-0.1, -0.05) is 0 Å². The molecule has 0 aromatic carbocycles. The number of rotatable bonds is 5. The molecule has 0 heterocycles. The van der Waals surface area contributed by atoms with E-state index in [2.05, 4.69) is 14.4 Å². The zero-order valence-electron chi connectivity index (χ0n) is 6.06. The molecule has 4 nitrogen and oxygen atoms in total. The van der Waals surface area contributed by atoms with Gasteiger partial charge >= 0.3 is 5.97 Å². The van der Waals surface area contributed by atoms with E-state index in [9.17, 15) is 4.79 Å². The van der Waals surface area contributed by atoms with E-state index in [1.807, 2.05) is 0 Å². The van der Waals surface area contributed by atoms with Gasteiger partial charge in [0.2, 0.25) is 0 Å². The van der Waals surface area contributed by atoms with Crippen LogP contribution in [-0.2, 0) is 9.53 Å². The van der Waals surface area contributed by atoms with E-state index in [1.165, 1.54) is 7.11 Å². The molecule has 0 bridgehead atoms. The van der Waals surface area contributed by atoms with E-state index in [-0.39, 0.29) is 11.9 Å². The van der Waals surface area contributed by atoms with E-state index in [0.717, 1.165) is 0 Å². The van der Waals surface area contributed by atoms with Gasteiger partial charge < -0.3 is 4.74 Å². The highest BCUT2D eigenvalue weighted by Gasteiger charge is 2.17. The van der Waals surface area contributed by atoms with Crippen LogP contribution in [0.5, 0.6) is 0 Å². The van der Waals surface area contributed by atoms with Gasteiger partial charge in [-0.25, -0.2) is 9.67 Å². The van der Waals surface area contributed by atoms with Crippen molar-refractivity contribution >= 4 is 29.5 Å². The summed E-state index contributed by atoms with van der Waals surface area (Å²) in [5.41, 5.74) is 0. The van der Waals surface area contributed by atoms with Crippen molar-refractivity contribution in [2.45, 2.75) is 0 Å². The van der Waals surface area contributed by atoms with Crippen LogP contribution in [-0.4, -0.2) is 26.2 Å². The number of hydrogen-bond acceptors (Lipinski definition) is 4. The van der Waals surface area contributed by atoms with Crippen molar-refractivity contribution in [2.75, 3.05) is 20.2 Å². The molecule has 0 aliphatic carbocycles. The maximum atomic E-state index is 10.9. The van der Waals surface area contributed by atoms with E-state index < -0.39 is 0 Å². The second-order valence-corrected chi connectivity index (χ2v) is 2.43. The molecule has 0 aromatic heterocycles. The lowest BCUT2D eigenvalue weighted by molar-refractivity contribution is -0.144. The third-order valence-electron chi connectivity index (χ3n) is 1.18. The highest BCUT2D eigenvalue weighted by molar-refractivity contribution is 6.14. The van der Waals surface area contributed by atoms with Crippen LogP contribution in [0.4, 0.5) is 0 Å². The minimum atomic E-state index is -0.352. The molecular formula is C5H10Cl2N2O2. The molecule has 0 rings (SSSR count). The Morgan fingerprint density at radius 2 is 1.91 bits per heavy atom. The second kappa shape index (κ2) is 6.67. The van der Waals surface area contributed by atoms with Crippen LogP contribution < -0.4 is 9.67 Å². The fraction of sp³-hybridized carbons (Fsp3) is 0.800. The molecule has 0 aliphatic rings. The molecule has 11 heavy (non-hydrogen) atoms. The van der Waals surface area contributed by atoms with Crippen LogP contribution in [0.15, 0.2) is 0 Å². The SMILES string of the molecule is COC(=O)C(CNCl)CNCl. The fourth-order valence-electron chi connectivity index (χ4n) is 0.592. The summed E-state index contributed by atoms with van der Waals surface area (Å²) in [5.74, 6) is -0.693. The van der Waals surface area contributed by atoms with Gasteiger partial charge in [0.25, 0.3) is 0 Å². The number of carbonyl (C=O) groups is 1. The summed E-state index contributed by atoms with van der Waals surface area (Å²) in [6.45, 7) is 0.655. The molecule has 0 saturated heterocycles. The maximum Gasteiger partial charge on any atom is 0.311 e. The van der Waals surface area contributed by atoms with Crippen LogP contribution >= 0.6 is 23.6 Å². The quantitative estimate of drug-likeness (QED) is 0.495. The smallest absolute Gasteiger partial charge is 0.311 e. The molecule has 0 aliphatic heterocycles. The lowest BCUT2D eigenvalue weighted by Gasteiger charge is -2.10. The molecule has 0 spiro atoms. The van der Waals surface area contributed by atoms with Crippen molar-refractivity contribution in [3.63, 3.8) is 0 Å². The van der Waals surface area contributed by atoms with Crippen LogP contribution in [0.2, 0.25) is 0 Å². The van der Waals surface area contributed by atoms with Gasteiger partial charge in [0.15, 0.2) is 0 Å². The zero-order valence-corrected chi connectivity index (χ0v) is 7.58. The van der Waals surface area contributed by atoms with Crippen LogP contribution in [0.3, 0.4) is 0 Å². The first kappa shape index (κ1) is 11.0. The Bertz CT molecular complexity index is 117. The lowest BCUT2D eigenvalue weighted by atomic mass is 10.1. The summed E-state index contributed by atoms with van der Waals surface area (Å²) >= 11 is 10.4. The minimum Gasteiger partial charge on any atom is -0.469 e. The van der Waals surface area contributed by atoms with Crippen molar-refractivity contribution in [1.82, 2.24) is 9.67 Å². The van der Waals surface area contributed by atoms with Gasteiger partial charge in [-0.3, -0.25) is 4.79 Å². The standard InChI is InChI=1S/C5H10Cl2N2O2/c1-11-5(10)4(2-8-6)3-9-7/h4,8-9H,2-3H2,1H3. The first-order chi connectivity index (χ1) is 5.26. The van der Waals surface area contributed by atoms with E-state index in [4.69, 9.17) is 23.6 Å². The van der Waals surface area contributed by atoms with Crippen molar-refractivity contribution < 1.29 is 9.53 Å². The topological polar surface area (TPSA) is 50.4 Å². The van der Waals surface area contributed by atoms with Crippen molar-refractivity contribution in [1.29, 1.82) is 0 Å². The van der Waals surface area contributed by atoms with Gasteiger partial charge in [-0.05, 0) is 23.6 Å². The number of esters is 1. The first-order valence-corrected chi connectivity index (χ1v) is 3.76. The third kappa shape index (κ3) is 4.42. The second-order valence-electron chi connectivity index (χ2n) is 1.90. The van der Waals surface area contributed by atoms with Crippen molar-refractivity contribution in [3.8, 4) is 0 Å². The van der Waals surface area contributed by atoms with Gasteiger partial charge in [0.05, 0.1) is 13.0 Å². The van der Waals surface area contributed by atoms with Gasteiger partial charge in [-0.15, -0.1) is 0 Å². The largest absolute Gasteiger partial charge is 0.469 e. The Balaban J connectivity index is 3.76. The summed E-state index contributed by atoms with van der Waals surface area (Å²) in [4.78, 5) is 15.6. The molecule has 66 valence electrons. The van der Waals surface area contributed by atoms with Crippen molar-refractivity contribution in [2.24, 2.45) is 5.92 Å². The summed E-state index contributed by atoms with van der Waals surface area (Å²) in [6, 6.07) is 0. The van der Waals surface area contributed by atoms with Gasteiger partial charge in [0, 0.05) is 13.1 Å². The molecule has 0 aromatic rings. The molecule has 0 saturated carbocycles. The van der Waals surface area contributed by atoms with Crippen molar-refractivity contribution in [3.05, 3.63) is 0 Å². The molecule has 2 N–H and O–H groups in total. The van der Waals surface area contributed by atoms with Gasteiger partial charge in [-0.2, -0.15) is 0 Å². The predicted octanol–water partition coefficient (Wildman–Crippen LogP) is 0.262. The number of nitrogens with one attached hydrogen (secondary N) is 2. The van der Waals surface area contributed by atoms with E-state index in [1.54, 1.807) is 0 Å². The van der Waals surface area contributed by atoms with E-state index >= 15 is 0 Å².